The third-order valence-electron chi connectivity index (χ3n) is 4.24. The number of hydrogen-bond donors (Lipinski definition) is 0. The van der Waals surface area contributed by atoms with Crippen LogP contribution in [0.3, 0.4) is 0 Å². The topological polar surface area (TPSA) is 17.8 Å². The van der Waals surface area contributed by atoms with Crippen LogP contribution in [0, 0.1) is 5.92 Å². The molecule has 3 heteroatoms. The van der Waals surface area contributed by atoms with Crippen LogP contribution in [0.25, 0.3) is 11.6 Å². The molecular weight excluding hydrogens is 336 g/mol. The fraction of sp³-hybridized carbons (Fsp3) is 0.261. The zero-order valence-corrected chi connectivity index (χ0v) is 16.3. The molecule has 0 aliphatic heterocycles. The van der Waals surface area contributed by atoms with Crippen LogP contribution in [0.5, 0.6) is 0 Å². The summed E-state index contributed by atoms with van der Waals surface area (Å²) in [5, 5.41) is 0. The van der Waals surface area contributed by atoms with Gasteiger partial charge < -0.3 is 4.57 Å². The van der Waals surface area contributed by atoms with Crippen molar-refractivity contribution in [1.29, 1.82) is 0 Å². The number of imidazole rings is 1. The van der Waals surface area contributed by atoms with Gasteiger partial charge in [-0.15, -0.1) is 11.8 Å². The molecule has 3 aromatic rings. The van der Waals surface area contributed by atoms with E-state index in [4.69, 9.17) is 0 Å². The average Bonchev–Trinajstić information content (AvgIpc) is 3.16. The van der Waals surface area contributed by atoms with Gasteiger partial charge in [0, 0.05) is 23.8 Å². The second-order valence-electron chi connectivity index (χ2n) is 6.87. The first-order chi connectivity index (χ1) is 12.7. The van der Waals surface area contributed by atoms with Crippen molar-refractivity contribution >= 4 is 23.4 Å². The standard InChI is InChI=1S/C23H26N2S/c1-19(2)12-15-26-23-10-8-20(9-11-23)16-22(17-25-14-13-24-18-25)21-6-4-3-5-7-21/h3-11,13-14,16,18-19H,12,15,17H2,1-2H3. The van der Waals surface area contributed by atoms with E-state index in [1.54, 1.807) is 0 Å². The van der Waals surface area contributed by atoms with E-state index < -0.39 is 0 Å². The molecule has 2 aromatic carbocycles. The van der Waals surface area contributed by atoms with E-state index >= 15 is 0 Å². The van der Waals surface area contributed by atoms with Gasteiger partial charge in [0.15, 0.2) is 0 Å². The molecule has 0 fully saturated rings. The van der Waals surface area contributed by atoms with E-state index in [1.165, 1.54) is 33.8 Å². The van der Waals surface area contributed by atoms with Gasteiger partial charge in [-0.3, -0.25) is 0 Å². The Kier molecular flexibility index (Phi) is 6.73. The number of rotatable bonds is 8. The third kappa shape index (κ3) is 5.63. The number of nitrogens with zero attached hydrogens (tertiary/aromatic N) is 2. The highest BCUT2D eigenvalue weighted by atomic mass is 32.2. The molecule has 134 valence electrons. The van der Waals surface area contributed by atoms with Crippen molar-refractivity contribution in [3.8, 4) is 0 Å². The largest absolute Gasteiger partial charge is 0.333 e. The Morgan fingerprint density at radius 2 is 1.85 bits per heavy atom. The quantitative estimate of drug-likeness (QED) is 0.347. The van der Waals surface area contributed by atoms with E-state index in [1.807, 2.05) is 30.5 Å². The van der Waals surface area contributed by atoms with Crippen molar-refractivity contribution in [2.75, 3.05) is 5.75 Å². The summed E-state index contributed by atoms with van der Waals surface area (Å²) in [5.74, 6) is 1.95. The summed E-state index contributed by atoms with van der Waals surface area (Å²) in [7, 11) is 0. The zero-order valence-electron chi connectivity index (χ0n) is 15.5. The van der Waals surface area contributed by atoms with Crippen molar-refractivity contribution < 1.29 is 0 Å². The lowest BCUT2D eigenvalue weighted by Gasteiger charge is -2.10. The Morgan fingerprint density at radius 3 is 2.50 bits per heavy atom. The fourth-order valence-corrected chi connectivity index (χ4v) is 3.88. The van der Waals surface area contributed by atoms with Crippen LogP contribution in [-0.2, 0) is 6.54 Å². The first-order valence-electron chi connectivity index (χ1n) is 9.15. The minimum absolute atomic E-state index is 0.765. The summed E-state index contributed by atoms with van der Waals surface area (Å²) in [5.41, 5.74) is 3.76. The Hall–Kier alpha value is -2.26. The normalized spacial score (nSPS) is 11.9. The molecule has 0 atom stereocenters. The van der Waals surface area contributed by atoms with Gasteiger partial charge in [0.2, 0.25) is 0 Å². The fourth-order valence-electron chi connectivity index (χ4n) is 2.72. The SMILES string of the molecule is CC(C)CCSc1ccc(C=C(Cn2ccnc2)c2ccccc2)cc1. The van der Waals surface area contributed by atoms with Crippen molar-refractivity contribution in [1.82, 2.24) is 9.55 Å². The summed E-state index contributed by atoms with van der Waals surface area (Å²) < 4.78 is 2.11. The summed E-state index contributed by atoms with van der Waals surface area (Å²) in [4.78, 5) is 5.51. The summed E-state index contributed by atoms with van der Waals surface area (Å²) in [6, 6.07) is 19.5. The molecule has 1 heterocycles. The van der Waals surface area contributed by atoms with Gasteiger partial charge in [0.05, 0.1) is 6.33 Å². The summed E-state index contributed by atoms with van der Waals surface area (Å²) in [6.45, 7) is 5.37. The van der Waals surface area contributed by atoms with E-state index in [2.05, 4.69) is 84.1 Å². The minimum Gasteiger partial charge on any atom is -0.333 e. The molecule has 2 nitrogen and oxygen atoms in total. The van der Waals surface area contributed by atoms with Gasteiger partial charge in [-0.1, -0.05) is 56.3 Å². The Morgan fingerprint density at radius 1 is 1.08 bits per heavy atom. The molecule has 0 radical (unpaired) electrons. The molecule has 3 rings (SSSR count). The van der Waals surface area contributed by atoms with Crippen LogP contribution in [0.2, 0.25) is 0 Å². The first kappa shape index (κ1) is 18.5. The Labute approximate surface area is 161 Å². The smallest absolute Gasteiger partial charge is 0.0949 e. The van der Waals surface area contributed by atoms with Crippen LogP contribution in [-0.4, -0.2) is 15.3 Å². The van der Waals surface area contributed by atoms with Crippen LogP contribution in [0.1, 0.15) is 31.4 Å². The van der Waals surface area contributed by atoms with Crippen molar-refractivity contribution in [3.63, 3.8) is 0 Å². The highest BCUT2D eigenvalue weighted by Gasteiger charge is 2.04. The van der Waals surface area contributed by atoms with Gasteiger partial charge >= 0.3 is 0 Å². The van der Waals surface area contributed by atoms with Gasteiger partial charge in [-0.05, 0) is 53.0 Å². The summed E-state index contributed by atoms with van der Waals surface area (Å²) >= 11 is 1.94. The Bertz CT molecular complexity index is 803. The van der Waals surface area contributed by atoms with Gasteiger partial charge in [0.25, 0.3) is 0 Å². The highest BCUT2D eigenvalue weighted by Crippen LogP contribution is 2.24. The van der Waals surface area contributed by atoms with Crippen LogP contribution < -0.4 is 0 Å². The Balaban J connectivity index is 1.76. The molecule has 0 unspecified atom stereocenters. The second-order valence-corrected chi connectivity index (χ2v) is 8.04. The molecule has 0 aliphatic rings. The maximum Gasteiger partial charge on any atom is 0.0949 e. The molecule has 0 aliphatic carbocycles. The highest BCUT2D eigenvalue weighted by molar-refractivity contribution is 7.99. The number of hydrogen-bond acceptors (Lipinski definition) is 2. The van der Waals surface area contributed by atoms with Gasteiger partial charge in [0.1, 0.15) is 0 Å². The predicted molar refractivity (Wildman–Crippen MR) is 113 cm³/mol. The molecule has 26 heavy (non-hydrogen) atoms. The van der Waals surface area contributed by atoms with Crippen LogP contribution >= 0.6 is 11.8 Å². The number of aromatic nitrogens is 2. The summed E-state index contributed by atoms with van der Waals surface area (Å²) in [6.07, 6.45) is 9.23. The van der Waals surface area contributed by atoms with Gasteiger partial charge in [-0.25, -0.2) is 4.98 Å². The molecule has 1 aromatic heterocycles. The third-order valence-corrected chi connectivity index (χ3v) is 5.29. The maximum absolute atomic E-state index is 4.16. The van der Waals surface area contributed by atoms with Crippen molar-refractivity contribution in [3.05, 3.63) is 84.4 Å². The van der Waals surface area contributed by atoms with Crippen LogP contribution in [0.15, 0.2) is 78.2 Å². The average molecular weight is 363 g/mol. The predicted octanol–water partition coefficient (Wildman–Crippen LogP) is 6.26. The van der Waals surface area contributed by atoms with Crippen molar-refractivity contribution in [2.45, 2.75) is 31.7 Å². The zero-order chi connectivity index (χ0) is 18.2. The number of thioether (sulfide) groups is 1. The van der Waals surface area contributed by atoms with Crippen LogP contribution in [0.4, 0.5) is 0 Å². The molecular formula is C23H26N2S. The van der Waals surface area contributed by atoms with Crippen molar-refractivity contribution in [2.24, 2.45) is 5.92 Å². The van der Waals surface area contributed by atoms with E-state index in [0.29, 0.717) is 0 Å². The van der Waals surface area contributed by atoms with E-state index in [0.717, 1.165) is 12.5 Å². The van der Waals surface area contributed by atoms with E-state index in [-0.39, 0.29) is 0 Å². The molecule has 0 amide bonds. The molecule has 0 bridgehead atoms. The van der Waals surface area contributed by atoms with E-state index in [9.17, 15) is 0 Å². The molecule has 0 saturated carbocycles. The second kappa shape index (κ2) is 9.44. The minimum atomic E-state index is 0.765. The maximum atomic E-state index is 4.16. The molecule has 0 saturated heterocycles. The van der Waals surface area contributed by atoms with Gasteiger partial charge in [-0.2, -0.15) is 0 Å². The first-order valence-corrected chi connectivity index (χ1v) is 10.1. The lowest BCUT2D eigenvalue weighted by molar-refractivity contribution is 0.632. The number of benzene rings is 2. The molecule has 0 N–H and O–H groups in total. The lowest BCUT2D eigenvalue weighted by atomic mass is 10.0. The number of allylic oxidation sites excluding steroid dienone is 1. The monoisotopic (exact) mass is 362 g/mol. The molecule has 0 spiro atoms. The lowest BCUT2D eigenvalue weighted by Crippen LogP contribution is -1.98.